The molecule has 2 aromatic carbocycles. The van der Waals surface area contributed by atoms with E-state index in [1.807, 2.05) is 42.5 Å². The van der Waals surface area contributed by atoms with E-state index < -0.39 is 24.0 Å². The number of benzene rings is 2. The fraction of sp³-hybridized carbons (Fsp3) is 0.387. The molecule has 2 aliphatic rings. The molecule has 1 amide bonds. The van der Waals surface area contributed by atoms with Gasteiger partial charge >= 0.3 is 5.97 Å². The summed E-state index contributed by atoms with van der Waals surface area (Å²) in [6.45, 7) is 1.90. The Morgan fingerprint density at radius 3 is 2.66 bits per heavy atom. The molecule has 10 heteroatoms. The summed E-state index contributed by atoms with van der Waals surface area (Å²) >= 11 is 0. The number of aromatic nitrogens is 1. The number of nitrogens with zero attached hydrogens (tertiary/aromatic N) is 2. The van der Waals surface area contributed by atoms with Crippen LogP contribution < -0.4 is 15.8 Å². The van der Waals surface area contributed by atoms with Gasteiger partial charge in [-0.1, -0.05) is 36.4 Å². The van der Waals surface area contributed by atoms with Crippen molar-refractivity contribution in [2.75, 3.05) is 26.8 Å². The smallest absolute Gasteiger partial charge is 0.337 e. The number of hydrogen-bond donors (Lipinski definition) is 2. The Bertz CT molecular complexity index is 1360. The first-order valence-corrected chi connectivity index (χ1v) is 13.9. The zero-order valence-electron chi connectivity index (χ0n) is 23.1. The molecule has 1 aromatic heterocycles. The molecule has 1 saturated heterocycles. The number of methoxy groups -OCH3 is 1. The van der Waals surface area contributed by atoms with Crippen LogP contribution in [0.5, 0.6) is 5.88 Å². The standard InChI is InChI=1S/C31H35FN4O5/c1-39-31(38)21-7-12-26(20-5-3-2-4-6-20)22(15-21)18-36-13-14-40-28(19-36)41-30-27(16-23(32)17-34-30)29(37)35-25-10-8-24(33)9-11-25/h2-7,12,15-17,24-25,28H,8-11,13-14,18-19,33H2,1H3,(H,35,37). The van der Waals surface area contributed by atoms with Crippen molar-refractivity contribution in [2.45, 2.75) is 50.6 Å². The third kappa shape index (κ3) is 7.27. The Labute approximate surface area is 238 Å². The zero-order chi connectivity index (χ0) is 28.8. The highest BCUT2D eigenvalue weighted by atomic mass is 19.1. The van der Waals surface area contributed by atoms with Crippen LogP contribution in [0.25, 0.3) is 11.1 Å². The quantitative estimate of drug-likeness (QED) is 0.397. The van der Waals surface area contributed by atoms with E-state index in [1.165, 1.54) is 7.11 Å². The Morgan fingerprint density at radius 2 is 1.90 bits per heavy atom. The molecule has 1 aliphatic carbocycles. The zero-order valence-corrected chi connectivity index (χ0v) is 23.1. The molecule has 216 valence electrons. The second-order valence-electron chi connectivity index (χ2n) is 10.5. The number of nitrogens with one attached hydrogen (secondary N) is 1. The monoisotopic (exact) mass is 562 g/mol. The molecule has 0 bridgehead atoms. The van der Waals surface area contributed by atoms with Crippen LogP contribution in [0.3, 0.4) is 0 Å². The summed E-state index contributed by atoms with van der Waals surface area (Å²) in [7, 11) is 1.36. The Hall–Kier alpha value is -3.86. The maximum Gasteiger partial charge on any atom is 0.337 e. The van der Waals surface area contributed by atoms with Gasteiger partial charge in [0.15, 0.2) is 0 Å². The summed E-state index contributed by atoms with van der Waals surface area (Å²) in [6.07, 6.45) is 3.50. The van der Waals surface area contributed by atoms with Gasteiger partial charge < -0.3 is 25.3 Å². The van der Waals surface area contributed by atoms with Crippen LogP contribution in [0.2, 0.25) is 0 Å². The predicted molar refractivity (Wildman–Crippen MR) is 151 cm³/mol. The van der Waals surface area contributed by atoms with Gasteiger partial charge in [-0.2, -0.15) is 0 Å². The number of pyridine rings is 1. The fourth-order valence-corrected chi connectivity index (χ4v) is 5.33. The van der Waals surface area contributed by atoms with Gasteiger partial charge in [0.05, 0.1) is 32.0 Å². The van der Waals surface area contributed by atoms with Gasteiger partial charge in [0.1, 0.15) is 11.4 Å². The van der Waals surface area contributed by atoms with Crippen LogP contribution >= 0.6 is 0 Å². The second-order valence-corrected chi connectivity index (χ2v) is 10.5. The topological polar surface area (TPSA) is 116 Å². The number of esters is 1. The lowest BCUT2D eigenvalue weighted by Gasteiger charge is -2.33. The van der Waals surface area contributed by atoms with E-state index in [0.717, 1.165) is 54.6 Å². The highest BCUT2D eigenvalue weighted by Gasteiger charge is 2.27. The van der Waals surface area contributed by atoms with Crippen LogP contribution in [-0.2, 0) is 16.0 Å². The lowest BCUT2D eigenvalue weighted by molar-refractivity contribution is -0.133. The minimum atomic E-state index is -0.732. The molecule has 0 spiro atoms. The molecule has 1 aliphatic heterocycles. The lowest BCUT2D eigenvalue weighted by atomic mass is 9.91. The van der Waals surface area contributed by atoms with Gasteiger partial charge in [-0.25, -0.2) is 14.2 Å². The van der Waals surface area contributed by atoms with Crippen molar-refractivity contribution >= 4 is 11.9 Å². The molecule has 2 fully saturated rings. The number of morpholine rings is 1. The minimum Gasteiger partial charge on any atom is -0.465 e. The van der Waals surface area contributed by atoms with Crippen molar-refractivity contribution in [3.8, 4) is 17.0 Å². The van der Waals surface area contributed by atoms with Gasteiger partial charge in [-0.05, 0) is 60.6 Å². The van der Waals surface area contributed by atoms with Crippen molar-refractivity contribution in [1.29, 1.82) is 0 Å². The van der Waals surface area contributed by atoms with Crippen LogP contribution in [0.15, 0.2) is 60.8 Å². The number of carbonyl (C=O) groups excluding carboxylic acids is 2. The highest BCUT2D eigenvalue weighted by molar-refractivity contribution is 5.96. The molecule has 3 aromatic rings. The summed E-state index contributed by atoms with van der Waals surface area (Å²) in [5.41, 5.74) is 9.46. The number of ether oxygens (including phenoxy) is 3. The molecule has 1 saturated carbocycles. The van der Waals surface area contributed by atoms with E-state index in [9.17, 15) is 14.0 Å². The van der Waals surface area contributed by atoms with Crippen molar-refractivity contribution in [3.05, 3.63) is 83.3 Å². The maximum absolute atomic E-state index is 14.1. The summed E-state index contributed by atoms with van der Waals surface area (Å²) in [6, 6.07) is 16.7. The van der Waals surface area contributed by atoms with Crippen LogP contribution in [0.4, 0.5) is 4.39 Å². The number of rotatable bonds is 8. The summed E-state index contributed by atoms with van der Waals surface area (Å²) in [5, 5.41) is 2.97. The number of hydrogen-bond acceptors (Lipinski definition) is 8. The summed E-state index contributed by atoms with van der Waals surface area (Å²) in [5.74, 6) is -1.45. The molecular formula is C31H35FN4O5. The maximum atomic E-state index is 14.1. The van der Waals surface area contributed by atoms with Gasteiger partial charge in [0, 0.05) is 25.2 Å². The number of amides is 1. The Kier molecular flexibility index (Phi) is 9.23. The largest absolute Gasteiger partial charge is 0.465 e. The summed E-state index contributed by atoms with van der Waals surface area (Å²) in [4.78, 5) is 31.6. The first kappa shape index (κ1) is 28.7. The third-order valence-electron chi connectivity index (χ3n) is 7.54. The fourth-order valence-electron chi connectivity index (χ4n) is 5.33. The van der Waals surface area contributed by atoms with Crippen molar-refractivity contribution in [1.82, 2.24) is 15.2 Å². The molecule has 0 radical (unpaired) electrons. The SMILES string of the molecule is COC(=O)c1ccc(-c2ccccc2)c(CN2CCOC(Oc3ncc(F)cc3C(=O)NC3CCC(N)CC3)C2)c1. The molecular weight excluding hydrogens is 527 g/mol. The number of carbonyl (C=O) groups is 2. The van der Waals surface area contributed by atoms with E-state index in [2.05, 4.69) is 15.2 Å². The normalized spacial score (nSPS) is 21.2. The van der Waals surface area contributed by atoms with E-state index in [1.54, 1.807) is 6.07 Å². The van der Waals surface area contributed by atoms with Gasteiger partial charge in [-0.3, -0.25) is 9.69 Å². The lowest BCUT2D eigenvalue weighted by Crippen LogP contribution is -2.45. The second kappa shape index (κ2) is 13.2. The van der Waals surface area contributed by atoms with Gasteiger partial charge in [0.2, 0.25) is 12.2 Å². The average Bonchev–Trinajstić information content (AvgIpc) is 2.99. The molecule has 3 N–H and O–H groups in total. The Morgan fingerprint density at radius 1 is 1.12 bits per heavy atom. The van der Waals surface area contributed by atoms with E-state index in [-0.39, 0.29) is 23.5 Å². The van der Waals surface area contributed by atoms with Crippen molar-refractivity contribution in [2.24, 2.45) is 5.73 Å². The van der Waals surface area contributed by atoms with Crippen molar-refractivity contribution in [3.63, 3.8) is 0 Å². The van der Waals surface area contributed by atoms with E-state index in [0.29, 0.717) is 31.8 Å². The van der Waals surface area contributed by atoms with Gasteiger partial charge in [-0.15, -0.1) is 0 Å². The Balaban J connectivity index is 1.30. The molecule has 1 unspecified atom stereocenters. The molecule has 5 rings (SSSR count). The van der Waals surface area contributed by atoms with Crippen LogP contribution in [0.1, 0.15) is 52.0 Å². The van der Waals surface area contributed by atoms with Crippen LogP contribution in [0, 0.1) is 5.82 Å². The minimum absolute atomic E-state index is 0.0147. The first-order chi connectivity index (χ1) is 19.9. The van der Waals surface area contributed by atoms with E-state index in [4.69, 9.17) is 19.9 Å². The van der Waals surface area contributed by atoms with E-state index >= 15 is 0 Å². The van der Waals surface area contributed by atoms with Crippen molar-refractivity contribution < 1.29 is 28.2 Å². The third-order valence-corrected chi connectivity index (χ3v) is 7.54. The number of halogens is 1. The molecule has 2 heterocycles. The average molecular weight is 563 g/mol. The van der Waals surface area contributed by atoms with Gasteiger partial charge in [0.25, 0.3) is 5.91 Å². The molecule has 41 heavy (non-hydrogen) atoms. The molecule has 1 atom stereocenters. The number of nitrogens with two attached hydrogens (primary N) is 1. The highest BCUT2D eigenvalue weighted by Crippen LogP contribution is 2.28. The summed E-state index contributed by atoms with van der Waals surface area (Å²) < 4.78 is 31.0. The molecule has 9 nitrogen and oxygen atoms in total. The first-order valence-electron chi connectivity index (χ1n) is 13.9. The van der Waals surface area contributed by atoms with Crippen LogP contribution in [-0.4, -0.2) is 66.9 Å². The predicted octanol–water partition coefficient (Wildman–Crippen LogP) is 3.91.